The van der Waals surface area contributed by atoms with Gasteiger partial charge in [-0.1, -0.05) is 26.0 Å². The Labute approximate surface area is 260 Å². The number of nitrogen functional groups attached to an aromatic ring is 1. The van der Waals surface area contributed by atoms with Gasteiger partial charge in [-0.15, -0.1) is 0 Å². The highest BCUT2D eigenvalue weighted by atomic mass is 19.1. The van der Waals surface area contributed by atoms with Crippen LogP contribution in [0.25, 0.3) is 27.7 Å². The van der Waals surface area contributed by atoms with Crippen molar-refractivity contribution in [3.8, 4) is 16.8 Å². The zero-order valence-corrected chi connectivity index (χ0v) is 25.5. The van der Waals surface area contributed by atoms with Crippen LogP contribution in [0.15, 0.2) is 83.8 Å². The number of amides is 2. The predicted octanol–water partition coefficient (Wildman–Crippen LogP) is 5.73. The molecule has 5 aromatic rings. The fourth-order valence-electron chi connectivity index (χ4n) is 6.10. The largest absolute Gasteiger partial charge is 0.382 e. The van der Waals surface area contributed by atoms with Crippen molar-refractivity contribution in [1.29, 1.82) is 0 Å². The van der Waals surface area contributed by atoms with Crippen molar-refractivity contribution in [3.63, 3.8) is 0 Å². The molecule has 2 aromatic heterocycles. The Bertz CT molecular complexity index is 1950. The molecule has 10 heteroatoms. The summed E-state index contributed by atoms with van der Waals surface area (Å²) in [5, 5.41) is 8.16. The van der Waals surface area contributed by atoms with E-state index in [-0.39, 0.29) is 17.4 Å². The molecule has 0 saturated carbocycles. The average molecular weight is 607 g/mol. The fraction of sp³-hybridized carbons (Fsp3) is 0.257. The average Bonchev–Trinajstić information content (AvgIpc) is 3.33. The van der Waals surface area contributed by atoms with Crippen LogP contribution in [0.1, 0.15) is 48.5 Å². The molecule has 0 atom stereocenters. The van der Waals surface area contributed by atoms with Gasteiger partial charge in [0.05, 0.1) is 10.9 Å². The number of piperidine rings is 1. The lowest BCUT2D eigenvalue weighted by Gasteiger charge is -2.33. The summed E-state index contributed by atoms with van der Waals surface area (Å²) in [6.45, 7) is 5.33. The number of aryl methyl sites for hydroxylation is 1. The summed E-state index contributed by atoms with van der Waals surface area (Å²) in [5.41, 5.74) is 10.8. The summed E-state index contributed by atoms with van der Waals surface area (Å²) >= 11 is 0. The number of halogens is 1. The van der Waals surface area contributed by atoms with E-state index in [1.807, 2.05) is 37.9 Å². The van der Waals surface area contributed by atoms with E-state index in [4.69, 9.17) is 5.73 Å². The molecule has 3 heterocycles. The minimum atomic E-state index is -0.549. The zero-order valence-electron chi connectivity index (χ0n) is 25.5. The molecule has 1 aliphatic heterocycles. The topological polar surface area (TPSA) is 115 Å². The number of aromatic nitrogens is 3. The molecule has 45 heavy (non-hydrogen) atoms. The Morgan fingerprint density at radius 2 is 1.69 bits per heavy atom. The van der Waals surface area contributed by atoms with Crippen molar-refractivity contribution in [2.75, 3.05) is 24.1 Å². The van der Waals surface area contributed by atoms with E-state index in [2.05, 4.69) is 22.5 Å². The van der Waals surface area contributed by atoms with Crippen LogP contribution in [0.5, 0.6) is 0 Å². The first-order valence-corrected chi connectivity index (χ1v) is 15.0. The number of likely N-dealkylation sites (tertiary alicyclic amines) is 1. The Kier molecular flexibility index (Phi) is 7.97. The van der Waals surface area contributed by atoms with Crippen molar-refractivity contribution in [2.24, 2.45) is 13.0 Å². The Balaban J connectivity index is 1.26. The molecule has 0 unspecified atom stereocenters. The number of fused-ring (bicyclic) bond motifs is 1. The maximum atomic E-state index is 13.4. The van der Waals surface area contributed by atoms with Crippen LogP contribution in [-0.4, -0.2) is 44.2 Å². The molecule has 2 amide bonds. The first-order valence-electron chi connectivity index (χ1n) is 15.0. The molecule has 1 saturated heterocycles. The van der Waals surface area contributed by atoms with Gasteiger partial charge in [-0.2, -0.15) is 5.10 Å². The standard InChI is InChI=1S/C35H35FN6O3/c1-21(2)34(44)41-17-14-22(15-18-41)24-19-29(31-30(20-24)40(3)39-32(31)37)23-6-10-26(11-7-23)38-33(43)28-5-4-16-42(35(28)45)27-12-8-25(36)9-13-27/h4-13,16,19-22H,14-15,17-18H2,1-3H3,(H2,37,39)(H,38,43). The number of carbonyl (C=O) groups is 2. The smallest absolute Gasteiger partial charge is 0.267 e. The molecule has 0 aliphatic carbocycles. The van der Waals surface area contributed by atoms with Crippen LogP contribution in [-0.2, 0) is 11.8 Å². The lowest BCUT2D eigenvalue weighted by Crippen LogP contribution is -2.40. The monoisotopic (exact) mass is 606 g/mol. The molecule has 6 rings (SSSR count). The molecule has 0 bridgehead atoms. The SMILES string of the molecule is CC(C)C(=O)N1CCC(c2cc(-c3ccc(NC(=O)c4cccn(-c5ccc(F)cc5)c4=O)cc3)c3c(N)nn(C)c3c2)CC1. The second kappa shape index (κ2) is 12.0. The van der Waals surface area contributed by atoms with E-state index in [1.165, 1.54) is 46.7 Å². The molecule has 3 N–H and O–H groups in total. The number of nitrogens with two attached hydrogens (primary N) is 1. The number of carbonyl (C=O) groups excluding carboxylic acids is 2. The second-order valence-electron chi connectivity index (χ2n) is 11.8. The van der Waals surface area contributed by atoms with Gasteiger partial charge < -0.3 is 16.0 Å². The fourth-order valence-corrected chi connectivity index (χ4v) is 6.10. The normalized spacial score (nSPS) is 13.8. The van der Waals surface area contributed by atoms with Gasteiger partial charge in [-0.25, -0.2) is 4.39 Å². The van der Waals surface area contributed by atoms with Crippen LogP contribution in [0.4, 0.5) is 15.9 Å². The van der Waals surface area contributed by atoms with Gasteiger partial charge >= 0.3 is 0 Å². The highest BCUT2D eigenvalue weighted by Crippen LogP contribution is 2.38. The lowest BCUT2D eigenvalue weighted by atomic mass is 9.86. The first kappa shape index (κ1) is 29.8. The molecule has 3 aromatic carbocycles. The van der Waals surface area contributed by atoms with Crippen molar-refractivity contribution in [2.45, 2.75) is 32.6 Å². The number of nitrogens with one attached hydrogen (secondary N) is 1. The number of hydrogen-bond acceptors (Lipinski definition) is 5. The van der Waals surface area contributed by atoms with Crippen LogP contribution in [0.3, 0.4) is 0 Å². The summed E-state index contributed by atoms with van der Waals surface area (Å²) < 4.78 is 16.5. The molecule has 0 spiro atoms. The quantitative estimate of drug-likeness (QED) is 0.256. The van der Waals surface area contributed by atoms with E-state index < -0.39 is 17.3 Å². The minimum Gasteiger partial charge on any atom is -0.382 e. The van der Waals surface area contributed by atoms with Gasteiger partial charge in [0.25, 0.3) is 11.5 Å². The third-order valence-electron chi connectivity index (χ3n) is 8.52. The zero-order chi connectivity index (χ0) is 31.8. The second-order valence-corrected chi connectivity index (χ2v) is 11.8. The third kappa shape index (κ3) is 5.83. The molecule has 9 nitrogen and oxygen atoms in total. The van der Waals surface area contributed by atoms with E-state index >= 15 is 0 Å². The van der Waals surface area contributed by atoms with Crippen LogP contribution < -0.4 is 16.6 Å². The lowest BCUT2D eigenvalue weighted by molar-refractivity contribution is -0.135. The van der Waals surface area contributed by atoms with Crippen molar-refractivity contribution < 1.29 is 14.0 Å². The van der Waals surface area contributed by atoms with E-state index in [1.54, 1.807) is 22.9 Å². The van der Waals surface area contributed by atoms with Crippen LogP contribution >= 0.6 is 0 Å². The number of hydrogen-bond donors (Lipinski definition) is 2. The maximum absolute atomic E-state index is 13.4. The number of nitrogens with zero attached hydrogens (tertiary/aromatic N) is 4. The first-order chi connectivity index (χ1) is 21.6. The van der Waals surface area contributed by atoms with Gasteiger partial charge in [0.15, 0.2) is 5.82 Å². The molecule has 1 aliphatic rings. The highest BCUT2D eigenvalue weighted by molar-refractivity contribution is 6.05. The van der Waals surface area contributed by atoms with Gasteiger partial charge in [-0.3, -0.25) is 23.6 Å². The Morgan fingerprint density at radius 1 is 1.00 bits per heavy atom. The van der Waals surface area contributed by atoms with Crippen LogP contribution in [0, 0.1) is 11.7 Å². The molecule has 1 fully saturated rings. The third-order valence-corrected chi connectivity index (χ3v) is 8.52. The van der Waals surface area contributed by atoms with Crippen molar-refractivity contribution in [1.82, 2.24) is 19.2 Å². The Morgan fingerprint density at radius 3 is 2.36 bits per heavy atom. The number of rotatable bonds is 6. The van der Waals surface area contributed by atoms with Gasteiger partial charge in [0.2, 0.25) is 5.91 Å². The summed E-state index contributed by atoms with van der Waals surface area (Å²) in [5.74, 6) is -0.0472. The molecule has 0 radical (unpaired) electrons. The summed E-state index contributed by atoms with van der Waals surface area (Å²) in [4.78, 5) is 40.7. The van der Waals surface area contributed by atoms with Gasteiger partial charge in [-0.05, 0) is 96.1 Å². The minimum absolute atomic E-state index is 0.0116. The summed E-state index contributed by atoms with van der Waals surface area (Å²) in [6, 6.07) is 20.3. The molecule has 230 valence electrons. The highest BCUT2D eigenvalue weighted by Gasteiger charge is 2.26. The number of benzene rings is 3. The predicted molar refractivity (Wildman–Crippen MR) is 174 cm³/mol. The summed E-state index contributed by atoms with van der Waals surface area (Å²) in [6.07, 6.45) is 3.29. The molecular weight excluding hydrogens is 571 g/mol. The summed E-state index contributed by atoms with van der Waals surface area (Å²) in [7, 11) is 1.88. The number of anilines is 2. The maximum Gasteiger partial charge on any atom is 0.267 e. The van der Waals surface area contributed by atoms with Crippen molar-refractivity contribution in [3.05, 3.63) is 106 Å². The van der Waals surface area contributed by atoms with Gasteiger partial charge in [0.1, 0.15) is 11.4 Å². The van der Waals surface area contributed by atoms with E-state index in [9.17, 15) is 18.8 Å². The van der Waals surface area contributed by atoms with Gasteiger partial charge in [0, 0.05) is 43.6 Å². The van der Waals surface area contributed by atoms with E-state index in [0.717, 1.165) is 48.0 Å². The van der Waals surface area contributed by atoms with Crippen LogP contribution in [0.2, 0.25) is 0 Å². The van der Waals surface area contributed by atoms with E-state index in [0.29, 0.717) is 23.1 Å². The Hall–Kier alpha value is -5.25. The number of pyridine rings is 1. The molecular formula is C35H35FN6O3. The van der Waals surface area contributed by atoms with Crippen molar-refractivity contribution >= 4 is 34.2 Å².